The minimum Gasteiger partial charge on any atom is -0.484 e. The van der Waals surface area contributed by atoms with E-state index in [1.54, 1.807) is 42.5 Å². The van der Waals surface area contributed by atoms with Gasteiger partial charge >= 0.3 is 0 Å². The molecule has 35 heavy (non-hydrogen) atoms. The van der Waals surface area contributed by atoms with Gasteiger partial charge in [0.15, 0.2) is 6.61 Å². The summed E-state index contributed by atoms with van der Waals surface area (Å²) < 4.78 is 5.72. The zero-order valence-corrected chi connectivity index (χ0v) is 21.8. The van der Waals surface area contributed by atoms with Gasteiger partial charge in [0.1, 0.15) is 11.8 Å². The van der Waals surface area contributed by atoms with E-state index in [0.29, 0.717) is 32.8 Å². The number of nitrogens with zero attached hydrogens (tertiary/aromatic N) is 1. The Morgan fingerprint density at radius 3 is 2.20 bits per heavy atom. The Morgan fingerprint density at radius 1 is 0.914 bits per heavy atom. The largest absolute Gasteiger partial charge is 0.484 e. The van der Waals surface area contributed by atoms with E-state index >= 15 is 0 Å². The Labute approximate surface area is 220 Å². The molecule has 3 aromatic rings. The molecule has 0 fully saturated rings. The first-order valence-corrected chi connectivity index (χ1v) is 12.3. The summed E-state index contributed by atoms with van der Waals surface area (Å²) in [4.78, 5) is 28.4. The lowest BCUT2D eigenvalue weighted by molar-refractivity contribution is -0.143. The van der Waals surface area contributed by atoms with Crippen LogP contribution in [-0.4, -0.2) is 35.4 Å². The number of hydrogen-bond acceptors (Lipinski definition) is 3. The summed E-state index contributed by atoms with van der Waals surface area (Å²) in [5.74, 6) is -0.211. The van der Waals surface area contributed by atoms with Crippen molar-refractivity contribution in [2.45, 2.75) is 38.9 Å². The molecule has 1 atom stereocenters. The van der Waals surface area contributed by atoms with Gasteiger partial charge in [-0.2, -0.15) is 0 Å². The standard InChI is InChI=1S/C27H27Cl3N2O3/c1-18(2)31-27(34)25(14-19-8-4-3-5-9-19)32(16-22-23(29)12-7-13-24(22)30)26(33)17-35-21-11-6-10-20(28)15-21/h3-13,15,18,25H,14,16-17H2,1-2H3,(H,31,34). The number of benzene rings is 3. The lowest BCUT2D eigenvalue weighted by atomic mass is 10.0. The number of nitrogens with one attached hydrogen (secondary N) is 1. The lowest BCUT2D eigenvalue weighted by Gasteiger charge is -2.32. The highest BCUT2D eigenvalue weighted by Crippen LogP contribution is 2.27. The van der Waals surface area contributed by atoms with Crippen LogP contribution in [0.15, 0.2) is 72.8 Å². The van der Waals surface area contributed by atoms with Crippen LogP contribution in [0.1, 0.15) is 25.0 Å². The summed E-state index contributed by atoms with van der Waals surface area (Å²) in [6.07, 6.45) is 0.310. The summed E-state index contributed by atoms with van der Waals surface area (Å²) >= 11 is 18.9. The molecule has 0 saturated heterocycles. The molecule has 2 amide bonds. The summed E-state index contributed by atoms with van der Waals surface area (Å²) in [5, 5.41) is 4.25. The fraction of sp³-hybridized carbons (Fsp3) is 0.259. The minimum absolute atomic E-state index is 0.0409. The molecule has 0 aliphatic heterocycles. The molecule has 0 bridgehead atoms. The van der Waals surface area contributed by atoms with Gasteiger partial charge in [-0.15, -0.1) is 0 Å². The second-order valence-corrected chi connectivity index (χ2v) is 9.59. The van der Waals surface area contributed by atoms with Crippen molar-refractivity contribution >= 4 is 46.6 Å². The maximum absolute atomic E-state index is 13.6. The van der Waals surface area contributed by atoms with Crippen molar-refractivity contribution in [3.8, 4) is 5.75 Å². The van der Waals surface area contributed by atoms with E-state index in [2.05, 4.69) is 5.32 Å². The number of rotatable bonds is 10. The van der Waals surface area contributed by atoms with Crippen LogP contribution in [0, 0.1) is 0 Å². The van der Waals surface area contributed by atoms with E-state index in [0.717, 1.165) is 5.56 Å². The Bertz CT molecular complexity index is 1140. The highest BCUT2D eigenvalue weighted by molar-refractivity contribution is 6.36. The Morgan fingerprint density at radius 2 is 1.57 bits per heavy atom. The molecular weight excluding hydrogens is 507 g/mol. The van der Waals surface area contributed by atoms with Crippen molar-refractivity contribution in [3.05, 3.63) is 99.0 Å². The van der Waals surface area contributed by atoms with Crippen molar-refractivity contribution < 1.29 is 14.3 Å². The number of hydrogen-bond donors (Lipinski definition) is 1. The second kappa shape index (κ2) is 12.8. The van der Waals surface area contributed by atoms with Crippen LogP contribution in [0.3, 0.4) is 0 Å². The first kappa shape index (κ1) is 26.9. The van der Waals surface area contributed by atoms with Gasteiger partial charge in [0.25, 0.3) is 5.91 Å². The molecule has 0 heterocycles. The van der Waals surface area contributed by atoms with Crippen LogP contribution in [0.5, 0.6) is 5.75 Å². The van der Waals surface area contributed by atoms with Gasteiger partial charge in [0.05, 0.1) is 0 Å². The normalized spacial score (nSPS) is 11.7. The van der Waals surface area contributed by atoms with Crippen molar-refractivity contribution in [2.75, 3.05) is 6.61 Å². The SMILES string of the molecule is CC(C)NC(=O)C(Cc1ccccc1)N(Cc1c(Cl)cccc1Cl)C(=O)COc1cccc(Cl)c1. The fourth-order valence-corrected chi connectivity index (χ4v) is 4.27. The molecule has 184 valence electrons. The molecule has 0 saturated carbocycles. The zero-order valence-electron chi connectivity index (χ0n) is 19.5. The Balaban J connectivity index is 1.96. The highest BCUT2D eigenvalue weighted by Gasteiger charge is 2.32. The molecule has 1 N–H and O–H groups in total. The van der Waals surface area contributed by atoms with Gasteiger partial charge in [0, 0.05) is 39.6 Å². The molecule has 3 aromatic carbocycles. The summed E-state index contributed by atoms with van der Waals surface area (Å²) in [7, 11) is 0. The van der Waals surface area contributed by atoms with Gasteiger partial charge in [-0.05, 0) is 49.7 Å². The van der Waals surface area contributed by atoms with Crippen LogP contribution in [0.2, 0.25) is 15.1 Å². The highest BCUT2D eigenvalue weighted by atomic mass is 35.5. The molecular formula is C27H27Cl3N2O3. The van der Waals surface area contributed by atoms with Crippen molar-refractivity contribution in [1.82, 2.24) is 10.2 Å². The molecule has 1 unspecified atom stereocenters. The van der Waals surface area contributed by atoms with Crippen molar-refractivity contribution in [3.63, 3.8) is 0 Å². The molecule has 0 radical (unpaired) electrons. The summed E-state index contributed by atoms with van der Waals surface area (Å²) in [6, 6.07) is 20.5. The zero-order chi connectivity index (χ0) is 25.4. The predicted molar refractivity (Wildman–Crippen MR) is 141 cm³/mol. The van der Waals surface area contributed by atoms with E-state index in [4.69, 9.17) is 39.5 Å². The van der Waals surface area contributed by atoms with Gasteiger partial charge in [-0.1, -0.05) is 77.3 Å². The van der Waals surface area contributed by atoms with Crippen LogP contribution in [0.4, 0.5) is 0 Å². The lowest BCUT2D eigenvalue weighted by Crippen LogP contribution is -2.52. The van der Waals surface area contributed by atoms with Gasteiger partial charge in [-0.3, -0.25) is 9.59 Å². The maximum atomic E-state index is 13.6. The number of carbonyl (C=O) groups is 2. The number of carbonyl (C=O) groups excluding carboxylic acids is 2. The maximum Gasteiger partial charge on any atom is 0.261 e. The van der Waals surface area contributed by atoms with Crippen LogP contribution >= 0.6 is 34.8 Å². The summed E-state index contributed by atoms with van der Waals surface area (Å²) in [6.45, 7) is 3.50. The Kier molecular flexibility index (Phi) is 9.84. The number of halogens is 3. The number of amides is 2. The van der Waals surface area contributed by atoms with E-state index in [1.165, 1.54) is 4.90 Å². The molecule has 0 aliphatic rings. The average Bonchev–Trinajstić information content (AvgIpc) is 2.81. The fourth-order valence-electron chi connectivity index (χ4n) is 3.57. The van der Waals surface area contributed by atoms with E-state index in [1.807, 2.05) is 44.2 Å². The third-order valence-electron chi connectivity index (χ3n) is 5.25. The van der Waals surface area contributed by atoms with Crippen LogP contribution in [0.25, 0.3) is 0 Å². The molecule has 0 aromatic heterocycles. The summed E-state index contributed by atoms with van der Waals surface area (Å²) in [5.41, 5.74) is 1.47. The first-order valence-electron chi connectivity index (χ1n) is 11.2. The van der Waals surface area contributed by atoms with E-state index < -0.39 is 6.04 Å². The number of ether oxygens (including phenoxy) is 1. The third-order valence-corrected chi connectivity index (χ3v) is 6.19. The van der Waals surface area contributed by atoms with Crippen LogP contribution in [-0.2, 0) is 22.6 Å². The average molecular weight is 534 g/mol. The van der Waals surface area contributed by atoms with Gasteiger partial charge in [-0.25, -0.2) is 0 Å². The van der Waals surface area contributed by atoms with Crippen LogP contribution < -0.4 is 10.1 Å². The molecule has 3 rings (SSSR count). The van der Waals surface area contributed by atoms with Crippen molar-refractivity contribution in [2.24, 2.45) is 0 Å². The van der Waals surface area contributed by atoms with Gasteiger partial charge in [0.2, 0.25) is 5.91 Å². The predicted octanol–water partition coefficient (Wildman–Crippen LogP) is 6.19. The van der Waals surface area contributed by atoms with E-state index in [-0.39, 0.29) is 31.0 Å². The second-order valence-electron chi connectivity index (χ2n) is 8.34. The third kappa shape index (κ3) is 7.89. The smallest absolute Gasteiger partial charge is 0.261 e. The Hall–Kier alpha value is -2.73. The molecule has 5 nitrogen and oxygen atoms in total. The van der Waals surface area contributed by atoms with Gasteiger partial charge < -0.3 is 15.0 Å². The monoisotopic (exact) mass is 532 g/mol. The topological polar surface area (TPSA) is 58.6 Å². The molecule has 0 spiro atoms. The van der Waals surface area contributed by atoms with Crippen molar-refractivity contribution in [1.29, 1.82) is 0 Å². The molecule has 8 heteroatoms. The quantitative estimate of drug-likeness (QED) is 0.338. The first-order chi connectivity index (χ1) is 16.7. The minimum atomic E-state index is -0.817. The molecule has 0 aliphatic carbocycles. The van der Waals surface area contributed by atoms with E-state index in [9.17, 15) is 9.59 Å².